The van der Waals surface area contributed by atoms with Crippen LogP contribution >= 0.6 is 35.4 Å². The van der Waals surface area contributed by atoms with Crippen molar-refractivity contribution in [3.05, 3.63) is 57.3 Å². The van der Waals surface area contributed by atoms with Gasteiger partial charge in [0.1, 0.15) is 16.6 Å². The molecule has 2 aromatic rings. The number of anilines is 1. The van der Waals surface area contributed by atoms with Gasteiger partial charge in [0.2, 0.25) is 0 Å². The maximum absolute atomic E-state index is 14.4. The smallest absolute Gasteiger partial charge is 0.132 e. The molecule has 2 aromatic carbocycles. The number of rotatable bonds is 2. The topological polar surface area (TPSA) is 33.6 Å². The number of benzene rings is 2. The lowest BCUT2D eigenvalue weighted by Crippen LogP contribution is -2.11. The number of ether oxygens (including phenoxy) is 1. The van der Waals surface area contributed by atoms with Gasteiger partial charge in [0, 0.05) is 16.8 Å². The average Bonchev–Trinajstić information content (AvgIpc) is 2.71. The molecule has 1 heterocycles. The molecule has 1 aliphatic heterocycles. The summed E-state index contributed by atoms with van der Waals surface area (Å²) in [4.78, 5) is 4.94. The third kappa shape index (κ3) is 3.04. The zero-order chi connectivity index (χ0) is 16.6. The van der Waals surface area contributed by atoms with Crippen LogP contribution in [0.5, 0.6) is 5.75 Å². The van der Waals surface area contributed by atoms with Gasteiger partial charge in [0.15, 0.2) is 0 Å². The van der Waals surface area contributed by atoms with Gasteiger partial charge in [0.05, 0.1) is 29.4 Å². The number of methoxy groups -OCH3 is 1. The number of fused-ring (bicyclic) bond motifs is 1. The molecular formula is C16H11Cl2FN2OS. The Morgan fingerprint density at radius 1 is 1.26 bits per heavy atom. The molecule has 7 heteroatoms. The maximum atomic E-state index is 14.4. The molecule has 0 saturated carbocycles. The quantitative estimate of drug-likeness (QED) is 0.777. The van der Waals surface area contributed by atoms with Crippen LogP contribution in [0.4, 0.5) is 10.1 Å². The van der Waals surface area contributed by atoms with E-state index in [1.807, 2.05) is 0 Å². The molecular weight excluding hydrogens is 358 g/mol. The fourth-order valence-electron chi connectivity index (χ4n) is 2.34. The summed E-state index contributed by atoms with van der Waals surface area (Å²) < 4.78 is 19.6. The van der Waals surface area contributed by atoms with Crippen LogP contribution in [0.15, 0.2) is 35.3 Å². The second kappa shape index (κ2) is 6.43. The number of benzodiazepines with no additional fused rings is 1. The lowest BCUT2D eigenvalue weighted by Gasteiger charge is -2.14. The summed E-state index contributed by atoms with van der Waals surface area (Å²) in [5.41, 5.74) is 1.83. The van der Waals surface area contributed by atoms with E-state index >= 15 is 0 Å². The van der Waals surface area contributed by atoms with Crippen LogP contribution in [0, 0.1) is 5.82 Å². The Balaban J connectivity index is 2.28. The van der Waals surface area contributed by atoms with Crippen LogP contribution in [0.2, 0.25) is 10.0 Å². The van der Waals surface area contributed by atoms with Crippen molar-refractivity contribution in [1.82, 2.24) is 0 Å². The van der Waals surface area contributed by atoms with Gasteiger partial charge in [-0.2, -0.15) is 0 Å². The van der Waals surface area contributed by atoms with E-state index in [0.29, 0.717) is 37.7 Å². The van der Waals surface area contributed by atoms with Gasteiger partial charge in [0.25, 0.3) is 0 Å². The minimum absolute atomic E-state index is 0.226. The van der Waals surface area contributed by atoms with E-state index in [1.165, 1.54) is 13.2 Å². The first-order valence-corrected chi connectivity index (χ1v) is 7.84. The molecule has 118 valence electrons. The Bertz CT molecular complexity index is 839. The van der Waals surface area contributed by atoms with Crippen molar-refractivity contribution < 1.29 is 9.13 Å². The molecule has 3 nitrogen and oxygen atoms in total. The summed E-state index contributed by atoms with van der Waals surface area (Å²) in [6, 6.07) is 7.84. The summed E-state index contributed by atoms with van der Waals surface area (Å²) in [6.07, 6.45) is 0. The van der Waals surface area contributed by atoms with Crippen LogP contribution in [0.25, 0.3) is 0 Å². The zero-order valence-electron chi connectivity index (χ0n) is 12.0. The SMILES string of the molecule is COc1ccc(F)c(C2=NCC(=S)Nc3ccc(Cl)c(Cl)c32)c1. The molecule has 0 unspecified atom stereocenters. The number of hydrogen-bond acceptors (Lipinski definition) is 3. The fraction of sp³-hybridized carbons (Fsp3) is 0.125. The molecule has 0 atom stereocenters. The Morgan fingerprint density at radius 3 is 2.78 bits per heavy atom. The molecule has 3 rings (SSSR count). The highest BCUT2D eigenvalue weighted by Crippen LogP contribution is 2.35. The van der Waals surface area contributed by atoms with Gasteiger partial charge in [-0.25, -0.2) is 4.39 Å². The Morgan fingerprint density at radius 2 is 2.04 bits per heavy atom. The van der Waals surface area contributed by atoms with E-state index in [1.54, 1.807) is 24.3 Å². The molecule has 0 fully saturated rings. The molecule has 1 N–H and O–H groups in total. The largest absolute Gasteiger partial charge is 0.497 e. The summed E-state index contributed by atoms with van der Waals surface area (Å²) >= 11 is 17.7. The fourth-order valence-corrected chi connectivity index (χ4v) is 2.92. The van der Waals surface area contributed by atoms with Gasteiger partial charge >= 0.3 is 0 Å². The van der Waals surface area contributed by atoms with Gasteiger partial charge in [-0.05, 0) is 30.3 Å². The normalized spacial score (nSPS) is 13.7. The van der Waals surface area contributed by atoms with Crippen molar-refractivity contribution >= 4 is 51.8 Å². The van der Waals surface area contributed by atoms with Crippen LogP contribution in [0.3, 0.4) is 0 Å². The number of aliphatic imine (C=N–C) groups is 1. The number of thiocarbonyl (C=S) groups is 1. The van der Waals surface area contributed by atoms with Crippen molar-refractivity contribution in [3.63, 3.8) is 0 Å². The Kier molecular flexibility index (Phi) is 4.53. The van der Waals surface area contributed by atoms with Gasteiger partial charge in [-0.1, -0.05) is 35.4 Å². The monoisotopic (exact) mass is 368 g/mol. The number of nitrogens with zero attached hydrogens (tertiary/aromatic N) is 1. The third-order valence-electron chi connectivity index (χ3n) is 3.42. The molecule has 0 aromatic heterocycles. The molecule has 1 aliphatic rings. The minimum atomic E-state index is -0.431. The van der Waals surface area contributed by atoms with Crippen molar-refractivity contribution in [1.29, 1.82) is 0 Å². The van der Waals surface area contributed by atoms with Gasteiger partial charge in [-0.15, -0.1) is 0 Å². The first kappa shape index (κ1) is 16.2. The Labute approximate surface area is 148 Å². The van der Waals surface area contributed by atoms with Crippen molar-refractivity contribution in [2.75, 3.05) is 19.0 Å². The zero-order valence-corrected chi connectivity index (χ0v) is 14.3. The predicted molar refractivity (Wildman–Crippen MR) is 96.1 cm³/mol. The van der Waals surface area contributed by atoms with E-state index in [2.05, 4.69) is 10.3 Å². The number of hydrogen-bond donors (Lipinski definition) is 1. The third-order valence-corrected chi connectivity index (χ3v) is 4.45. The van der Waals surface area contributed by atoms with Crippen LogP contribution in [-0.4, -0.2) is 24.4 Å². The Hall–Kier alpha value is -1.69. The molecule has 0 spiro atoms. The van der Waals surface area contributed by atoms with Crippen LogP contribution < -0.4 is 10.1 Å². The van der Waals surface area contributed by atoms with E-state index in [4.69, 9.17) is 40.2 Å². The van der Waals surface area contributed by atoms with E-state index < -0.39 is 5.82 Å². The van der Waals surface area contributed by atoms with Gasteiger partial charge < -0.3 is 10.1 Å². The van der Waals surface area contributed by atoms with Crippen molar-refractivity contribution in [3.8, 4) is 5.75 Å². The maximum Gasteiger partial charge on any atom is 0.132 e. The van der Waals surface area contributed by atoms with E-state index in [-0.39, 0.29) is 12.1 Å². The molecule has 0 aliphatic carbocycles. The highest BCUT2D eigenvalue weighted by molar-refractivity contribution is 7.80. The molecule has 0 bridgehead atoms. The summed E-state index contributed by atoms with van der Waals surface area (Å²) in [6.45, 7) is 0.226. The van der Waals surface area contributed by atoms with Gasteiger partial charge in [-0.3, -0.25) is 4.99 Å². The second-order valence-electron chi connectivity index (χ2n) is 4.84. The molecule has 0 amide bonds. The average molecular weight is 369 g/mol. The number of halogens is 3. The van der Waals surface area contributed by atoms with E-state index in [9.17, 15) is 4.39 Å². The van der Waals surface area contributed by atoms with Crippen LogP contribution in [-0.2, 0) is 0 Å². The summed E-state index contributed by atoms with van der Waals surface area (Å²) in [5.74, 6) is 0.0861. The highest BCUT2D eigenvalue weighted by atomic mass is 35.5. The minimum Gasteiger partial charge on any atom is -0.497 e. The molecule has 23 heavy (non-hydrogen) atoms. The van der Waals surface area contributed by atoms with Crippen molar-refractivity contribution in [2.45, 2.75) is 0 Å². The molecule has 0 radical (unpaired) electrons. The summed E-state index contributed by atoms with van der Waals surface area (Å²) in [5, 5.41) is 3.71. The predicted octanol–water partition coefficient (Wildman–Crippen LogP) is 4.73. The highest BCUT2D eigenvalue weighted by Gasteiger charge is 2.23. The lowest BCUT2D eigenvalue weighted by atomic mass is 9.99. The second-order valence-corrected chi connectivity index (χ2v) is 6.12. The summed E-state index contributed by atoms with van der Waals surface area (Å²) in [7, 11) is 1.51. The van der Waals surface area contributed by atoms with E-state index in [0.717, 1.165) is 0 Å². The first-order chi connectivity index (χ1) is 11.0. The standard InChI is InChI=1S/C16H11Cl2FN2OS/c1-22-8-2-4-11(19)9(6-8)16-14-12(21-13(23)7-20-16)5-3-10(17)15(14)18/h2-6H,7H2,1H3,(H,21,23). The first-order valence-electron chi connectivity index (χ1n) is 6.68. The van der Waals surface area contributed by atoms with Crippen molar-refractivity contribution in [2.24, 2.45) is 4.99 Å². The van der Waals surface area contributed by atoms with Crippen LogP contribution in [0.1, 0.15) is 11.1 Å². The molecule has 0 saturated heterocycles. The number of nitrogens with one attached hydrogen (secondary N) is 1. The lowest BCUT2D eigenvalue weighted by molar-refractivity contribution is 0.413.